The highest BCUT2D eigenvalue weighted by Gasteiger charge is 2.09. The van der Waals surface area contributed by atoms with Crippen LogP contribution in [0.1, 0.15) is 11.1 Å². The lowest BCUT2D eigenvalue weighted by Crippen LogP contribution is -2.05. The second-order valence-electron chi connectivity index (χ2n) is 4.06. The van der Waals surface area contributed by atoms with E-state index in [1.54, 1.807) is 9.20 Å². The fourth-order valence-electron chi connectivity index (χ4n) is 1.79. The molecule has 0 aliphatic heterocycles. The highest BCUT2D eigenvalue weighted by Crippen LogP contribution is 2.15. The summed E-state index contributed by atoms with van der Waals surface area (Å²) in [7, 11) is 0. The number of hydrogen-bond acceptors (Lipinski definition) is 4. The molecule has 0 aromatic carbocycles. The Kier molecular flexibility index (Phi) is 1.91. The molecule has 6 heteroatoms. The van der Waals surface area contributed by atoms with Crippen LogP contribution in [-0.4, -0.2) is 24.4 Å². The van der Waals surface area contributed by atoms with Crippen molar-refractivity contribution in [3.05, 3.63) is 35.8 Å². The third kappa shape index (κ3) is 1.45. The maximum Gasteiger partial charge on any atom is 0.158 e. The molecule has 0 aliphatic rings. The Hall–Kier alpha value is -2.37. The Morgan fingerprint density at radius 3 is 2.76 bits per heavy atom. The van der Waals surface area contributed by atoms with E-state index < -0.39 is 0 Å². The van der Waals surface area contributed by atoms with Gasteiger partial charge in [0.15, 0.2) is 11.5 Å². The minimum absolute atomic E-state index is 0.528. The summed E-state index contributed by atoms with van der Waals surface area (Å²) in [4.78, 5) is 4.17. The Bertz CT molecular complexity index is 674. The normalized spacial score (nSPS) is 11.2. The van der Waals surface area contributed by atoms with Crippen LogP contribution in [0.25, 0.3) is 11.5 Å². The standard InChI is InChI=1S/C11H12N6/c1-7-3-9-13-6-14-17(9)10(4-7)16-5-8(2)11(12)15-16/h3-6H,1-2H3,(H2,12,15). The summed E-state index contributed by atoms with van der Waals surface area (Å²) in [5, 5.41) is 8.44. The van der Waals surface area contributed by atoms with Crippen molar-refractivity contribution < 1.29 is 0 Å². The van der Waals surface area contributed by atoms with Gasteiger partial charge >= 0.3 is 0 Å². The second kappa shape index (κ2) is 3.31. The molecule has 3 heterocycles. The molecule has 3 aromatic rings. The van der Waals surface area contributed by atoms with Crippen LogP contribution in [0.15, 0.2) is 24.7 Å². The van der Waals surface area contributed by atoms with Gasteiger partial charge in [-0.3, -0.25) is 0 Å². The van der Waals surface area contributed by atoms with E-state index in [2.05, 4.69) is 15.2 Å². The molecule has 0 amide bonds. The van der Waals surface area contributed by atoms with Crippen molar-refractivity contribution in [1.82, 2.24) is 24.4 Å². The zero-order chi connectivity index (χ0) is 12.0. The number of nitrogen functional groups attached to an aromatic ring is 1. The maximum atomic E-state index is 5.76. The molecule has 17 heavy (non-hydrogen) atoms. The zero-order valence-electron chi connectivity index (χ0n) is 9.62. The first-order chi connectivity index (χ1) is 8.15. The van der Waals surface area contributed by atoms with Gasteiger partial charge in [-0.2, -0.15) is 9.61 Å². The Morgan fingerprint density at radius 2 is 2.06 bits per heavy atom. The van der Waals surface area contributed by atoms with Crippen LogP contribution in [-0.2, 0) is 0 Å². The van der Waals surface area contributed by atoms with Crippen molar-refractivity contribution in [2.75, 3.05) is 5.73 Å². The van der Waals surface area contributed by atoms with Gasteiger partial charge in [-0.05, 0) is 31.5 Å². The topological polar surface area (TPSA) is 74.0 Å². The van der Waals surface area contributed by atoms with Crippen LogP contribution in [0, 0.1) is 13.8 Å². The van der Waals surface area contributed by atoms with E-state index in [1.807, 2.05) is 32.2 Å². The molecule has 0 unspecified atom stereocenters. The van der Waals surface area contributed by atoms with Crippen LogP contribution < -0.4 is 5.73 Å². The van der Waals surface area contributed by atoms with E-state index in [0.29, 0.717) is 5.82 Å². The number of fused-ring (bicyclic) bond motifs is 1. The Morgan fingerprint density at radius 1 is 1.24 bits per heavy atom. The van der Waals surface area contributed by atoms with Crippen LogP contribution >= 0.6 is 0 Å². The highest BCUT2D eigenvalue weighted by molar-refractivity contribution is 5.47. The number of hydrogen-bond donors (Lipinski definition) is 1. The summed E-state index contributed by atoms with van der Waals surface area (Å²) < 4.78 is 3.46. The molecule has 0 atom stereocenters. The van der Waals surface area contributed by atoms with Gasteiger partial charge in [-0.25, -0.2) is 9.67 Å². The number of pyridine rings is 1. The Balaban J connectivity index is 2.32. The monoisotopic (exact) mass is 228 g/mol. The smallest absolute Gasteiger partial charge is 0.158 e. The van der Waals surface area contributed by atoms with E-state index in [1.165, 1.54) is 6.33 Å². The first-order valence-electron chi connectivity index (χ1n) is 5.27. The summed E-state index contributed by atoms with van der Waals surface area (Å²) in [6.45, 7) is 3.94. The predicted molar refractivity (Wildman–Crippen MR) is 64.0 cm³/mol. The van der Waals surface area contributed by atoms with Gasteiger partial charge in [0.2, 0.25) is 0 Å². The molecule has 0 saturated carbocycles. The number of anilines is 1. The third-order valence-electron chi connectivity index (χ3n) is 2.67. The van der Waals surface area contributed by atoms with E-state index in [0.717, 1.165) is 22.6 Å². The Labute approximate surface area is 97.7 Å². The zero-order valence-corrected chi connectivity index (χ0v) is 9.62. The van der Waals surface area contributed by atoms with Crippen LogP contribution in [0.2, 0.25) is 0 Å². The van der Waals surface area contributed by atoms with E-state index >= 15 is 0 Å². The molecule has 3 aromatic heterocycles. The van der Waals surface area contributed by atoms with Gasteiger partial charge < -0.3 is 5.73 Å². The van der Waals surface area contributed by atoms with Gasteiger partial charge in [0.25, 0.3) is 0 Å². The van der Waals surface area contributed by atoms with Crippen molar-refractivity contribution in [3.8, 4) is 5.82 Å². The summed E-state index contributed by atoms with van der Waals surface area (Å²) in [6.07, 6.45) is 3.41. The molecular weight excluding hydrogens is 216 g/mol. The number of nitrogens with zero attached hydrogens (tertiary/aromatic N) is 5. The summed E-state index contributed by atoms with van der Waals surface area (Å²) >= 11 is 0. The number of nitrogens with two attached hydrogens (primary N) is 1. The first kappa shape index (κ1) is 9.83. The lowest BCUT2D eigenvalue weighted by molar-refractivity contribution is 0.790. The minimum Gasteiger partial charge on any atom is -0.382 e. The van der Waals surface area contributed by atoms with Crippen molar-refractivity contribution in [2.24, 2.45) is 0 Å². The summed E-state index contributed by atoms with van der Waals surface area (Å²) in [5.41, 5.74) is 8.60. The molecule has 6 nitrogen and oxygen atoms in total. The highest BCUT2D eigenvalue weighted by atomic mass is 15.4. The number of rotatable bonds is 1. The van der Waals surface area contributed by atoms with Gasteiger partial charge in [0.1, 0.15) is 12.1 Å². The average molecular weight is 228 g/mol. The molecule has 0 saturated heterocycles. The molecule has 0 aliphatic carbocycles. The fourth-order valence-corrected chi connectivity index (χ4v) is 1.79. The molecule has 0 spiro atoms. The lowest BCUT2D eigenvalue weighted by Gasteiger charge is -2.05. The maximum absolute atomic E-state index is 5.76. The quantitative estimate of drug-likeness (QED) is 0.677. The average Bonchev–Trinajstić information content (AvgIpc) is 2.85. The van der Waals surface area contributed by atoms with Crippen LogP contribution in [0.4, 0.5) is 5.82 Å². The third-order valence-corrected chi connectivity index (χ3v) is 2.67. The minimum atomic E-state index is 0.528. The lowest BCUT2D eigenvalue weighted by atomic mass is 10.3. The molecule has 3 rings (SSSR count). The van der Waals surface area contributed by atoms with Crippen molar-refractivity contribution in [3.63, 3.8) is 0 Å². The summed E-state index contributed by atoms with van der Waals surface area (Å²) in [5.74, 6) is 1.36. The molecule has 0 radical (unpaired) electrons. The van der Waals surface area contributed by atoms with Gasteiger partial charge in [0.05, 0.1) is 0 Å². The SMILES string of the molecule is Cc1cc(-n2cc(C)c(N)n2)n2ncnc2c1. The fraction of sp³-hybridized carbons (Fsp3) is 0.182. The summed E-state index contributed by atoms with van der Waals surface area (Å²) in [6, 6.07) is 3.96. The van der Waals surface area contributed by atoms with E-state index in [4.69, 9.17) is 5.73 Å². The molecule has 0 bridgehead atoms. The van der Waals surface area contributed by atoms with E-state index in [9.17, 15) is 0 Å². The number of aryl methyl sites for hydroxylation is 2. The molecule has 2 N–H and O–H groups in total. The van der Waals surface area contributed by atoms with Crippen molar-refractivity contribution >= 4 is 11.5 Å². The molecule has 0 fully saturated rings. The number of aromatic nitrogens is 5. The van der Waals surface area contributed by atoms with Crippen LogP contribution in [0.3, 0.4) is 0 Å². The van der Waals surface area contributed by atoms with Gasteiger partial charge in [-0.15, -0.1) is 5.10 Å². The second-order valence-corrected chi connectivity index (χ2v) is 4.06. The first-order valence-corrected chi connectivity index (χ1v) is 5.27. The molecule has 86 valence electrons. The van der Waals surface area contributed by atoms with Gasteiger partial charge in [-0.1, -0.05) is 0 Å². The van der Waals surface area contributed by atoms with Crippen molar-refractivity contribution in [1.29, 1.82) is 0 Å². The molecular formula is C11H12N6. The van der Waals surface area contributed by atoms with Gasteiger partial charge in [0, 0.05) is 11.8 Å². The largest absolute Gasteiger partial charge is 0.382 e. The van der Waals surface area contributed by atoms with Crippen LogP contribution in [0.5, 0.6) is 0 Å². The predicted octanol–water partition coefficient (Wildman–Crippen LogP) is 1.11. The van der Waals surface area contributed by atoms with E-state index in [-0.39, 0.29) is 0 Å². The van der Waals surface area contributed by atoms with Crippen molar-refractivity contribution in [2.45, 2.75) is 13.8 Å².